The van der Waals surface area contributed by atoms with E-state index in [1.54, 1.807) is 22.9 Å². The summed E-state index contributed by atoms with van der Waals surface area (Å²) in [5, 5.41) is 25.0. The van der Waals surface area contributed by atoms with Crippen LogP contribution in [-0.2, 0) is 29.1 Å². The van der Waals surface area contributed by atoms with Crippen molar-refractivity contribution in [2.75, 3.05) is 0 Å². The largest absolute Gasteiger partial charge is 0.348 e. The summed E-state index contributed by atoms with van der Waals surface area (Å²) in [7, 11) is 0. The minimum atomic E-state index is -0.678. The molecule has 3 aliphatic rings. The number of nitrogens with one attached hydrogen (secondary N) is 2. The summed E-state index contributed by atoms with van der Waals surface area (Å²) >= 11 is 0. The van der Waals surface area contributed by atoms with Gasteiger partial charge in [-0.25, -0.2) is 9.36 Å². The van der Waals surface area contributed by atoms with E-state index in [0.29, 0.717) is 43.6 Å². The number of aryl methyl sites for hydroxylation is 2. The van der Waals surface area contributed by atoms with Gasteiger partial charge in [-0.05, 0) is 47.4 Å². The lowest BCUT2D eigenvalue weighted by Gasteiger charge is -2.29. The molecule has 36 heavy (non-hydrogen) atoms. The topological polar surface area (TPSA) is 170 Å². The van der Waals surface area contributed by atoms with E-state index in [1.807, 2.05) is 0 Å². The highest BCUT2D eigenvalue weighted by atomic mass is 16.2. The molecular formula is C22H22N10O4. The normalized spacial score (nSPS) is 21.6. The van der Waals surface area contributed by atoms with E-state index < -0.39 is 11.9 Å². The third-order valence-electron chi connectivity index (χ3n) is 6.85. The summed E-state index contributed by atoms with van der Waals surface area (Å²) < 4.78 is 3.19. The molecule has 2 aromatic heterocycles. The summed E-state index contributed by atoms with van der Waals surface area (Å²) in [6.45, 7) is 0.914. The molecule has 2 atom stereocenters. The maximum atomic E-state index is 13.1. The van der Waals surface area contributed by atoms with Crippen LogP contribution in [0.15, 0.2) is 24.4 Å². The summed E-state index contributed by atoms with van der Waals surface area (Å²) in [6.07, 6.45) is 4.11. The predicted octanol–water partition coefficient (Wildman–Crippen LogP) is -0.850. The molecule has 0 spiro atoms. The summed E-state index contributed by atoms with van der Waals surface area (Å²) in [6, 6.07) is 4.52. The number of hydrogen-bond acceptors (Lipinski definition) is 9. The molecule has 3 aliphatic heterocycles. The van der Waals surface area contributed by atoms with Crippen molar-refractivity contribution in [2.45, 2.75) is 57.3 Å². The van der Waals surface area contributed by atoms with Crippen molar-refractivity contribution in [1.29, 1.82) is 0 Å². The molecule has 184 valence electrons. The number of imide groups is 1. The van der Waals surface area contributed by atoms with E-state index in [9.17, 15) is 19.2 Å². The molecule has 5 heterocycles. The number of nitrogens with zero attached hydrogens (tertiary/aromatic N) is 8. The minimum absolute atomic E-state index is 0.0537. The average molecular weight is 490 g/mol. The average Bonchev–Trinajstić information content (AvgIpc) is 3.58. The van der Waals surface area contributed by atoms with Gasteiger partial charge in [-0.3, -0.25) is 24.5 Å². The van der Waals surface area contributed by atoms with Gasteiger partial charge in [-0.15, -0.1) is 10.2 Å². The van der Waals surface area contributed by atoms with Crippen LogP contribution in [0.1, 0.15) is 57.9 Å². The Morgan fingerprint density at radius 1 is 1.06 bits per heavy atom. The van der Waals surface area contributed by atoms with Crippen molar-refractivity contribution >= 4 is 23.6 Å². The first-order chi connectivity index (χ1) is 17.5. The number of aromatic nitrogens is 7. The van der Waals surface area contributed by atoms with E-state index in [0.717, 1.165) is 17.8 Å². The van der Waals surface area contributed by atoms with E-state index in [2.05, 4.69) is 36.5 Å². The van der Waals surface area contributed by atoms with Gasteiger partial charge in [0.2, 0.25) is 11.8 Å². The molecule has 1 fully saturated rings. The van der Waals surface area contributed by atoms with Crippen LogP contribution in [0.3, 0.4) is 0 Å². The summed E-state index contributed by atoms with van der Waals surface area (Å²) in [4.78, 5) is 51.1. The van der Waals surface area contributed by atoms with Gasteiger partial charge in [-0.1, -0.05) is 11.3 Å². The highest BCUT2D eigenvalue weighted by Gasteiger charge is 2.39. The van der Waals surface area contributed by atoms with Gasteiger partial charge in [0.05, 0.1) is 11.9 Å². The van der Waals surface area contributed by atoms with Gasteiger partial charge in [0.25, 0.3) is 11.8 Å². The molecule has 4 amide bonds. The first-order valence-corrected chi connectivity index (χ1v) is 11.7. The number of piperidine rings is 1. The summed E-state index contributed by atoms with van der Waals surface area (Å²) in [5.74, 6) is -0.587. The molecule has 0 saturated carbocycles. The van der Waals surface area contributed by atoms with Gasteiger partial charge in [0.15, 0.2) is 11.5 Å². The van der Waals surface area contributed by atoms with Crippen molar-refractivity contribution < 1.29 is 19.2 Å². The molecule has 3 aromatic rings. The number of rotatable bonds is 4. The van der Waals surface area contributed by atoms with Gasteiger partial charge in [-0.2, -0.15) is 0 Å². The Bertz CT molecular complexity index is 1370. The monoisotopic (exact) mass is 490 g/mol. The lowest BCUT2D eigenvalue weighted by molar-refractivity contribution is -0.136. The Morgan fingerprint density at radius 2 is 1.94 bits per heavy atom. The van der Waals surface area contributed by atoms with E-state index in [1.165, 1.54) is 15.8 Å². The van der Waals surface area contributed by atoms with Crippen molar-refractivity contribution in [1.82, 2.24) is 50.7 Å². The standard InChI is InChI=1S/C22H22N10O4/c33-19-6-4-17(21(35)24-19)30-10-12-1-3-14(9-15(12)22(30)36)32-11-16(25-28-32)20(34)23-13-2-5-18-26-27-29-31(18)8-7-13/h1,3,9,11,13,17H,2,4-8,10H2,(H,23,34)(H,24,33,35). The fourth-order valence-corrected chi connectivity index (χ4v) is 4.88. The van der Waals surface area contributed by atoms with E-state index in [-0.39, 0.29) is 35.9 Å². The lowest BCUT2D eigenvalue weighted by atomic mass is 10.0. The Labute approximate surface area is 204 Å². The van der Waals surface area contributed by atoms with Gasteiger partial charge < -0.3 is 10.2 Å². The second-order valence-corrected chi connectivity index (χ2v) is 9.11. The molecule has 2 N–H and O–H groups in total. The van der Waals surface area contributed by atoms with Crippen LogP contribution in [0, 0.1) is 0 Å². The molecule has 1 aromatic carbocycles. The quantitative estimate of drug-likeness (QED) is 0.442. The Balaban J connectivity index is 1.14. The first-order valence-electron chi connectivity index (χ1n) is 11.7. The fourth-order valence-electron chi connectivity index (χ4n) is 4.88. The van der Waals surface area contributed by atoms with Crippen LogP contribution in [-0.4, -0.2) is 75.8 Å². The van der Waals surface area contributed by atoms with E-state index >= 15 is 0 Å². The van der Waals surface area contributed by atoms with Crippen molar-refractivity contribution in [2.24, 2.45) is 0 Å². The Hall–Kier alpha value is -4.49. The van der Waals surface area contributed by atoms with Crippen LogP contribution in [0.25, 0.3) is 5.69 Å². The molecule has 1 saturated heterocycles. The molecule has 2 unspecified atom stereocenters. The van der Waals surface area contributed by atoms with Gasteiger partial charge in [0.1, 0.15) is 6.04 Å². The van der Waals surface area contributed by atoms with Crippen molar-refractivity contribution in [3.63, 3.8) is 0 Å². The zero-order valence-electron chi connectivity index (χ0n) is 19.1. The zero-order chi connectivity index (χ0) is 24.8. The minimum Gasteiger partial charge on any atom is -0.348 e. The Kier molecular flexibility index (Phi) is 5.27. The third-order valence-corrected chi connectivity index (χ3v) is 6.85. The van der Waals surface area contributed by atoms with Crippen molar-refractivity contribution in [3.8, 4) is 5.69 Å². The second kappa shape index (κ2) is 8.62. The highest BCUT2D eigenvalue weighted by Crippen LogP contribution is 2.29. The summed E-state index contributed by atoms with van der Waals surface area (Å²) in [5.41, 5.74) is 1.97. The number of fused-ring (bicyclic) bond motifs is 2. The maximum absolute atomic E-state index is 13.1. The fraction of sp³-hybridized carbons (Fsp3) is 0.409. The van der Waals surface area contributed by atoms with Crippen LogP contribution in [0.2, 0.25) is 0 Å². The van der Waals surface area contributed by atoms with Crippen LogP contribution in [0.5, 0.6) is 0 Å². The number of hydrogen-bond donors (Lipinski definition) is 2. The van der Waals surface area contributed by atoms with Gasteiger partial charge >= 0.3 is 0 Å². The Morgan fingerprint density at radius 3 is 2.81 bits per heavy atom. The second-order valence-electron chi connectivity index (χ2n) is 9.11. The van der Waals surface area contributed by atoms with Crippen molar-refractivity contribution in [3.05, 3.63) is 47.0 Å². The van der Waals surface area contributed by atoms with Crippen LogP contribution < -0.4 is 10.6 Å². The number of amides is 4. The smallest absolute Gasteiger partial charge is 0.273 e. The predicted molar refractivity (Wildman–Crippen MR) is 119 cm³/mol. The highest BCUT2D eigenvalue weighted by molar-refractivity contribution is 6.05. The molecule has 0 radical (unpaired) electrons. The number of benzene rings is 1. The van der Waals surface area contributed by atoms with Crippen LogP contribution >= 0.6 is 0 Å². The van der Waals surface area contributed by atoms with Crippen LogP contribution in [0.4, 0.5) is 0 Å². The zero-order valence-corrected chi connectivity index (χ0v) is 19.1. The molecule has 0 bridgehead atoms. The molecular weight excluding hydrogens is 468 g/mol. The third kappa shape index (κ3) is 3.89. The molecule has 6 rings (SSSR count). The molecule has 14 nitrogen and oxygen atoms in total. The van der Waals surface area contributed by atoms with E-state index in [4.69, 9.17) is 0 Å². The molecule has 14 heteroatoms. The first kappa shape index (κ1) is 22.0. The number of carbonyl (C=O) groups excluding carboxylic acids is 4. The lowest BCUT2D eigenvalue weighted by Crippen LogP contribution is -2.52. The number of carbonyl (C=O) groups is 4. The SMILES string of the molecule is O=C1CCC(N2Cc3ccc(-n4cc(C(=O)NC5CCc6nnnn6CC5)nn4)cc3C2=O)C(=O)N1. The number of tetrazole rings is 1. The van der Waals surface area contributed by atoms with Gasteiger partial charge in [0, 0.05) is 37.5 Å². The maximum Gasteiger partial charge on any atom is 0.273 e. The molecule has 0 aliphatic carbocycles.